The highest BCUT2D eigenvalue weighted by Gasteiger charge is 2.17. The van der Waals surface area contributed by atoms with Gasteiger partial charge in [-0.2, -0.15) is 0 Å². The monoisotopic (exact) mass is 276 g/mol. The molecule has 0 aliphatic carbocycles. The molecule has 2 amide bonds. The van der Waals surface area contributed by atoms with Crippen molar-refractivity contribution in [3.8, 4) is 0 Å². The van der Waals surface area contributed by atoms with Crippen LogP contribution in [0, 0.1) is 0 Å². The molecule has 1 aromatic rings. The molecule has 1 heterocycles. The van der Waals surface area contributed by atoms with Crippen LogP contribution in [0.5, 0.6) is 0 Å². The van der Waals surface area contributed by atoms with E-state index in [4.69, 9.17) is 4.74 Å². The van der Waals surface area contributed by atoms with Crippen LogP contribution in [-0.2, 0) is 16.0 Å². The normalized spacial score (nSPS) is 14.2. The Morgan fingerprint density at radius 3 is 2.45 bits per heavy atom. The van der Waals surface area contributed by atoms with E-state index in [1.54, 1.807) is 19.1 Å². The maximum atomic E-state index is 12.0. The molecule has 5 heteroatoms. The fourth-order valence-corrected chi connectivity index (χ4v) is 2.24. The number of carbonyl (C=O) groups is 2. The molecule has 1 aliphatic rings. The zero-order valence-corrected chi connectivity index (χ0v) is 11.7. The molecule has 1 aliphatic heterocycles. The van der Waals surface area contributed by atoms with E-state index in [2.05, 4.69) is 5.32 Å². The van der Waals surface area contributed by atoms with E-state index < -0.39 is 6.09 Å². The van der Waals surface area contributed by atoms with Gasteiger partial charge in [0.05, 0.1) is 13.0 Å². The second kappa shape index (κ2) is 6.93. The smallest absolute Gasteiger partial charge is 0.411 e. The van der Waals surface area contributed by atoms with Gasteiger partial charge in [0, 0.05) is 18.8 Å². The third kappa shape index (κ3) is 3.98. The summed E-state index contributed by atoms with van der Waals surface area (Å²) in [4.78, 5) is 25.2. The predicted molar refractivity (Wildman–Crippen MR) is 76.6 cm³/mol. The largest absolute Gasteiger partial charge is 0.450 e. The van der Waals surface area contributed by atoms with Crippen LogP contribution in [0.3, 0.4) is 0 Å². The minimum Gasteiger partial charge on any atom is -0.450 e. The zero-order chi connectivity index (χ0) is 14.4. The fraction of sp³-hybridized carbons (Fsp3) is 0.467. The molecule has 0 atom stereocenters. The molecule has 1 saturated heterocycles. The topological polar surface area (TPSA) is 58.6 Å². The Morgan fingerprint density at radius 1 is 1.20 bits per heavy atom. The molecule has 2 rings (SSSR count). The van der Waals surface area contributed by atoms with Crippen molar-refractivity contribution in [1.29, 1.82) is 0 Å². The van der Waals surface area contributed by atoms with Crippen LogP contribution in [0.4, 0.5) is 10.5 Å². The van der Waals surface area contributed by atoms with Gasteiger partial charge in [-0.25, -0.2) is 4.79 Å². The lowest BCUT2D eigenvalue weighted by Crippen LogP contribution is -2.29. The van der Waals surface area contributed by atoms with E-state index >= 15 is 0 Å². The van der Waals surface area contributed by atoms with Crippen LogP contribution >= 0.6 is 0 Å². The van der Waals surface area contributed by atoms with Gasteiger partial charge < -0.3 is 9.64 Å². The number of benzene rings is 1. The number of anilines is 1. The number of ether oxygens (including phenoxy) is 1. The highest BCUT2D eigenvalue weighted by Crippen LogP contribution is 2.13. The molecular weight excluding hydrogens is 256 g/mol. The Bertz CT molecular complexity index is 465. The van der Waals surface area contributed by atoms with E-state index in [0.29, 0.717) is 18.7 Å². The Hall–Kier alpha value is -2.04. The molecule has 0 unspecified atom stereocenters. The number of carbonyl (C=O) groups excluding carboxylic acids is 2. The Balaban J connectivity index is 1.87. The van der Waals surface area contributed by atoms with Crippen molar-refractivity contribution in [3.63, 3.8) is 0 Å². The molecule has 1 fully saturated rings. The van der Waals surface area contributed by atoms with Gasteiger partial charge in [-0.3, -0.25) is 10.1 Å². The molecule has 0 radical (unpaired) electrons. The van der Waals surface area contributed by atoms with Gasteiger partial charge in [0.2, 0.25) is 5.91 Å². The second-order valence-electron chi connectivity index (χ2n) is 4.81. The van der Waals surface area contributed by atoms with Crippen molar-refractivity contribution < 1.29 is 14.3 Å². The maximum Gasteiger partial charge on any atom is 0.411 e. The summed E-state index contributed by atoms with van der Waals surface area (Å²) in [6, 6.07) is 7.28. The molecule has 5 nitrogen and oxygen atoms in total. The fourth-order valence-electron chi connectivity index (χ4n) is 2.24. The van der Waals surface area contributed by atoms with Crippen LogP contribution in [0.1, 0.15) is 25.3 Å². The highest BCUT2D eigenvalue weighted by atomic mass is 16.5. The molecule has 108 valence electrons. The van der Waals surface area contributed by atoms with Crippen molar-refractivity contribution in [3.05, 3.63) is 29.8 Å². The first-order valence-electron chi connectivity index (χ1n) is 6.99. The predicted octanol–water partition coefficient (Wildman–Crippen LogP) is 2.42. The van der Waals surface area contributed by atoms with Crippen molar-refractivity contribution in [2.45, 2.75) is 26.2 Å². The SMILES string of the molecule is CCOC(=O)Nc1ccc(CC(=O)N2CCCC2)cc1. The number of nitrogens with one attached hydrogen (secondary N) is 1. The van der Waals surface area contributed by atoms with Gasteiger partial charge in [-0.15, -0.1) is 0 Å². The summed E-state index contributed by atoms with van der Waals surface area (Å²) in [6.07, 6.45) is 2.16. The molecule has 20 heavy (non-hydrogen) atoms. The second-order valence-corrected chi connectivity index (χ2v) is 4.81. The molecule has 0 aromatic heterocycles. The quantitative estimate of drug-likeness (QED) is 0.918. The third-order valence-electron chi connectivity index (χ3n) is 3.29. The maximum absolute atomic E-state index is 12.0. The standard InChI is InChI=1S/C15H20N2O3/c1-2-20-15(19)16-13-7-5-12(6-8-13)11-14(18)17-9-3-4-10-17/h5-8H,2-4,9-11H2,1H3,(H,16,19). The highest BCUT2D eigenvalue weighted by molar-refractivity contribution is 5.84. The Morgan fingerprint density at radius 2 is 1.85 bits per heavy atom. The Labute approximate surface area is 118 Å². The van der Waals surface area contributed by atoms with Crippen molar-refractivity contribution >= 4 is 17.7 Å². The third-order valence-corrected chi connectivity index (χ3v) is 3.29. The van der Waals surface area contributed by atoms with Gasteiger partial charge in [-0.1, -0.05) is 12.1 Å². The number of hydrogen-bond acceptors (Lipinski definition) is 3. The summed E-state index contributed by atoms with van der Waals surface area (Å²) in [7, 11) is 0. The lowest BCUT2D eigenvalue weighted by molar-refractivity contribution is -0.129. The van der Waals surface area contributed by atoms with Gasteiger partial charge in [0.15, 0.2) is 0 Å². The summed E-state index contributed by atoms with van der Waals surface area (Å²) < 4.78 is 4.80. The van der Waals surface area contributed by atoms with Gasteiger partial charge in [0.1, 0.15) is 0 Å². The molecule has 0 bridgehead atoms. The molecule has 0 saturated carbocycles. The first-order chi connectivity index (χ1) is 9.69. The average Bonchev–Trinajstić information content (AvgIpc) is 2.95. The van der Waals surface area contributed by atoms with Crippen molar-refractivity contribution in [2.24, 2.45) is 0 Å². The van der Waals surface area contributed by atoms with E-state index in [0.717, 1.165) is 31.5 Å². The first kappa shape index (κ1) is 14.4. The summed E-state index contributed by atoms with van der Waals surface area (Å²) >= 11 is 0. The number of rotatable bonds is 4. The van der Waals surface area contributed by atoms with Crippen LogP contribution in [0.2, 0.25) is 0 Å². The lowest BCUT2D eigenvalue weighted by Gasteiger charge is -2.15. The van der Waals surface area contributed by atoms with Crippen LogP contribution in [0.25, 0.3) is 0 Å². The summed E-state index contributed by atoms with van der Waals surface area (Å²) in [5.74, 6) is 0.175. The number of likely N-dealkylation sites (tertiary alicyclic amines) is 1. The summed E-state index contributed by atoms with van der Waals surface area (Å²) in [5, 5.41) is 2.62. The Kier molecular flexibility index (Phi) is 4.98. The van der Waals surface area contributed by atoms with Crippen LogP contribution in [0.15, 0.2) is 24.3 Å². The molecule has 0 spiro atoms. The van der Waals surface area contributed by atoms with Crippen LogP contribution < -0.4 is 5.32 Å². The zero-order valence-electron chi connectivity index (χ0n) is 11.7. The van der Waals surface area contributed by atoms with Gasteiger partial charge >= 0.3 is 6.09 Å². The van der Waals surface area contributed by atoms with Crippen molar-refractivity contribution in [2.75, 3.05) is 25.0 Å². The minimum atomic E-state index is -0.464. The van der Waals surface area contributed by atoms with Gasteiger partial charge in [0.25, 0.3) is 0 Å². The molecule has 1 N–H and O–H groups in total. The first-order valence-corrected chi connectivity index (χ1v) is 6.99. The minimum absolute atomic E-state index is 0.175. The van der Waals surface area contributed by atoms with E-state index in [-0.39, 0.29) is 5.91 Å². The number of amides is 2. The molecule has 1 aromatic carbocycles. The van der Waals surface area contributed by atoms with E-state index in [1.807, 2.05) is 17.0 Å². The van der Waals surface area contributed by atoms with E-state index in [1.165, 1.54) is 0 Å². The summed E-state index contributed by atoms with van der Waals surface area (Å²) in [6.45, 7) is 3.85. The summed E-state index contributed by atoms with van der Waals surface area (Å²) in [5.41, 5.74) is 1.62. The average molecular weight is 276 g/mol. The number of hydrogen-bond donors (Lipinski definition) is 1. The van der Waals surface area contributed by atoms with Crippen LogP contribution in [-0.4, -0.2) is 36.6 Å². The number of nitrogens with zero attached hydrogens (tertiary/aromatic N) is 1. The van der Waals surface area contributed by atoms with Gasteiger partial charge in [-0.05, 0) is 37.5 Å². The lowest BCUT2D eigenvalue weighted by atomic mass is 10.1. The van der Waals surface area contributed by atoms with Crippen molar-refractivity contribution in [1.82, 2.24) is 4.90 Å². The van der Waals surface area contributed by atoms with E-state index in [9.17, 15) is 9.59 Å². The molecular formula is C15H20N2O3.